The van der Waals surface area contributed by atoms with Crippen LogP contribution in [0.25, 0.3) is 11.5 Å². The maximum atomic E-state index is 12.6. The number of aromatic nitrogens is 2. The summed E-state index contributed by atoms with van der Waals surface area (Å²) in [5.74, 6) is -0.221. The van der Waals surface area contributed by atoms with Crippen LogP contribution in [0.2, 0.25) is 5.02 Å². The fourth-order valence-corrected chi connectivity index (χ4v) is 5.59. The largest absolute Gasteiger partial charge is 0.462 e. The van der Waals surface area contributed by atoms with E-state index in [-0.39, 0.29) is 22.9 Å². The zero-order valence-corrected chi connectivity index (χ0v) is 19.9. The van der Waals surface area contributed by atoms with Crippen molar-refractivity contribution in [3.63, 3.8) is 0 Å². The van der Waals surface area contributed by atoms with Crippen LogP contribution in [0.15, 0.2) is 33.9 Å². The second-order valence-corrected chi connectivity index (χ2v) is 9.68. The van der Waals surface area contributed by atoms with Crippen LogP contribution in [-0.2, 0) is 22.4 Å². The van der Waals surface area contributed by atoms with Gasteiger partial charge in [0, 0.05) is 15.5 Å². The van der Waals surface area contributed by atoms with Crippen LogP contribution < -0.4 is 5.32 Å². The lowest BCUT2D eigenvalue weighted by molar-refractivity contribution is -0.113. The minimum Gasteiger partial charge on any atom is -0.462 e. The summed E-state index contributed by atoms with van der Waals surface area (Å²) in [4.78, 5) is 26.4. The van der Waals surface area contributed by atoms with Crippen LogP contribution >= 0.6 is 34.7 Å². The Morgan fingerprint density at radius 2 is 2.09 bits per heavy atom. The van der Waals surface area contributed by atoms with Crippen LogP contribution in [0.4, 0.5) is 5.00 Å². The highest BCUT2D eigenvalue weighted by molar-refractivity contribution is 7.99. The lowest BCUT2D eigenvalue weighted by atomic mass is 10.1. The first-order valence-corrected chi connectivity index (χ1v) is 12.6. The van der Waals surface area contributed by atoms with Gasteiger partial charge in [-0.05, 0) is 56.4 Å². The molecule has 3 aromatic rings. The fourth-order valence-electron chi connectivity index (χ4n) is 3.55. The van der Waals surface area contributed by atoms with Gasteiger partial charge in [-0.25, -0.2) is 4.79 Å². The molecule has 0 spiro atoms. The number of hydrogen-bond donors (Lipinski definition) is 1. The molecule has 1 amide bonds. The van der Waals surface area contributed by atoms with Crippen LogP contribution in [0.3, 0.4) is 0 Å². The Morgan fingerprint density at radius 3 is 2.91 bits per heavy atom. The van der Waals surface area contributed by atoms with Crippen LogP contribution in [0.1, 0.15) is 47.0 Å². The summed E-state index contributed by atoms with van der Waals surface area (Å²) in [6.45, 7) is 2.07. The van der Waals surface area contributed by atoms with E-state index in [9.17, 15) is 9.59 Å². The molecule has 4 rings (SSSR count). The van der Waals surface area contributed by atoms with Crippen molar-refractivity contribution in [3.05, 3.63) is 45.3 Å². The molecule has 0 radical (unpaired) electrons. The van der Waals surface area contributed by atoms with Gasteiger partial charge in [0.25, 0.3) is 5.22 Å². The molecule has 2 aromatic heterocycles. The topological polar surface area (TPSA) is 94.3 Å². The molecule has 1 aliphatic carbocycles. The van der Waals surface area contributed by atoms with Crippen molar-refractivity contribution in [2.75, 3.05) is 17.7 Å². The second kappa shape index (κ2) is 10.5. The Morgan fingerprint density at radius 1 is 1.25 bits per heavy atom. The molecule has 1 aliphatic rings. The van der Waals surface area contributed by atoms with Crippen molar-refractivity contribution in [3.8, 4) is 11.5 Å². The highest BCUT2D eigenvalue weighted by Gasteiger charge is 2.26. The summed E-state index contributed by atoms with van der Waals surface area (Å²) >= 11 is 8.61. The highest BCUT2D eigenvalue weighted by Crippen LogP contribution is 2.38. The maximum Gasteiger partial charge on any atom is 0.341 e. The lowest BCUT2D eigenvalue weighted by Gasteiger charge is -2.08. The van der Waals surface area contributed by atoms with Crippen molar-refractivity contribution in [2.45, 2.75) is 44.3 Å². The first-order valence-electron chi connectivity index (χ1n) is 10.4. The van der Waals surface area contributed by atoms with Gasteiger partial charge in [-0.15, -0.1) is 21.5 Å². The summed E-state index contributed by atoms with van der Waals surface area (Å²) in [5.41, 5.74) is 2.24. The van der Waals surface area contributed by atoms with Crippen LogP contribution in [-0.4, -0.2) is 34.4 Å². The molecule has 0 saturated heterocycles. The molecule has 168 valence electrons. The van der Waals surface area contributed by atoms with E-state index in [1.165, 1.54) is 11.3 Å². The Balaban J connectivity index is 1.44. The van der Waals surface area contributed by atoms with Gasteiger partial charge in [0.1, 0.15) is 5.00 Å². The smallest absolute Gasteiger partial charge is 0.341 e. The quantitative estimate of drug-likeness (QED) is 0.260. The van der Waals surface area contributed by atoms with Gasteiger partial charge in [0.05, 0.1) is 17.9 Å². The summed E-state index contributed by atoms with van der Waals surface area (Å²) in [5, 5.41) is 12.3. The van der Waals surface area contributed by atoms with Gasteiger partial charge >= 0.3 is 5.97 Å². The first-order chi connectivity index (χ1) is 15.5. The third kappa shape index (κ3) is 5.33. The van der Waals surface area contributed by atoms with Crippen LogP contribution in [0.5, 0.6) is 0 Å². The highest BCUT2D eigenvalue weighted by atomic mass is 35.5. The number of halogens is 1. The van der Waals surface area contributed by atoms with Gasteiger partial charge in [0.15, 0.2) is 0 Å². The molecule has 7 nitrogen and oxygen atoms in total. The number of thioether (sulfide) groups is 1. The lowest BCUT2D eigenvalue weighted by Crippen LogP contribution is -2.16. The summed E-state index contributed by atoms with van der Waals surface area (Å²) in [6.07, 6.45) is 5.02. The molecule has 0 bridgehead atoms. The minimum absolute atomic E-state index is 0.0714. The molecule has 0 atom stereocenters. The summed E-state index contributed by atoms with van der Waals surface area (Å²) in [7, 11) is 0. The number of nitrogens with one attached hydrogen (secondary N) is 1. The van der Waals surface area contributed by atoms with E-state index in [1.807, 2.05) is 6.07 Å². The Labute approximate surface area is 198 Å². The first kappa shape index (κ1) is 22.8. The Hall–Kier alpha value is -2.36. The molecule has 1 aromatic carbocycles. The summed E-state index contributed by atoms with van der Waals surface area (Å²) < 4.78 is 10.9. The molecular weight excluding hydrogens is 470 g/mol. The number of ether oxygens (including phenoxy) is 1. The van der Waals surface area contributed by atoms with E-state index in [2.05, 4.69) is 15.5 Å². The predicted octanol–water partition coefficient (Wildman–Crippen LogP) is 5.63. The van der Waals surface area contributed by atoms with E-state index < -0.39 is 0 Å². The minimum atomic E-state index is -0.377. The zero-order chi connectivity index (χ0) is 22.5. The van der Waals surface area contributed by atoms with Crippen molar-refractivity contribution < 1.29 is 18.7 Å². The van der Waals surface area contributed by atoms with E-state index >= 15 is 0 Å². The van der Waals surface area contributed by atoms with Gasteiger partial charge in [-0.2, -0.15) is 0 Å². The van der Waals surface area contributed by atoms with Crippen molar-refractivity contribution >= 4 is 51.6 Å². The molecule has 0 fully saturated rings. The zero-order valence-electron chi connectivity index (χ0n) is 17.5. The number of aryl methyl sites for hydroxylation is 1. The number of amides is 1. The summed E-state index contributed by atoms with van der Waals surface area (Å²) in [6, 6.07) is 7.11. The molecule has 0 unspecified atom stereocenters. The van der Waals surface area contributed by atoms with Crippen molar-refractivity contribution in [1.82, 2.24) is 10.2 Å². The number of anilines is 1. The number of carbonyl (C=O) groups excluding carboxylic acids is 2. The molecule has 0 saturated carbocycles. The van der Waals surface area contributed by atoms with E-state index in [0.29, 0.717) is 33.6 Å². The normalized spacial score (nSPS) is 13.3. The Bertz CT molecular complexity index is 1130. The molecular formula is C22H22ClN3O4S2. The third-order valence-electron chi connectivity index (χ3n) is 4.96. The molecule has 1 N–H and O–H groups in total. The molecule has 2 heterocycles. The number of carbonyl (C=O) groups is 2. The maximum absolute atomic E-state index is 12.6. The Kier molecular flexibility index (Phi) is 7.49. The van der Waals surface area contributed by atoms with Crippen molar-refractivity contribution in [2.24, 2.45) is 0 Å². The number of esters is 1. The SMILES string of the molecule is CCOC(=O)c1c(NC(=O)CSc2nnc(-c3cccc(Cl)c3)o2)sc2c1CCCCC2. The van der Waals surface area contributed by atoms with Crippen LogP contribution in [0, 0.1) is 0 Å². The molecule has 0 aliphatic heterocycles. The number of benzene rings is 1. The number of nitrogens with zero attached hydrogens (tertiary/aromatic N) is 2. The van der Waals surface area contributed by atoms with Crippen molar-refractivity contribution in [1.29, 1.82) is 0 Å². The van der Waals surface area contributed by atoms with Gasteiger partial charge < -0.3 is 14.5 Å². The number of fused-ring (bicyclic) bond motifs is 1. The average molecular weight is 492 g/mol. The molecule has 10 heteroatoms. The second-order valence-electron chi connectivity index (χ2n) is 7.21. The third-order valence-corrected chi connectivity index (χ3v) is 7.22. The monoisotopic (exact) mass is 491 g/mol. The number of thiophene rings is 1. The van der Waals surface area contributed by atoms with Gasteiger partial charge in [-0.3, -0.25) is 4.79 Å². The number of hydrogen-bond acceptors (Lipinski definition) is 8. The van der Waals surface area contributed by atoms with Gasteiger partial charge in [-0.1, -0.05) is 35.9 Å². The average Bonchev–Trinajstić information content (AvgIpc) is 3.31. The fraction of sp³-hybridized carbons (Fsp3) is 0.364. The number of rotatable bonds is 7. The standard InChI is InChI=1S/C22H22ClN3O4S2/c1-2-29-21(28)18-15-9-4-3-5-10-16(15)32-20(18)24-17(27)12-31-22-26-25-19(30-22)13-7-6-8-14(23)11-13/h6-8,11H,2-5,9-10,12H2,1H3,(H,24,27). The van der Waals surface area contributed by atoms with E-state index in [1.54, 1.807) is 25.1 Å². The van der Waals surface area contributed by atoms with E-state index in [0.717, 1.165) is 54.3 Å². The predicted molar refractivity (Wildman–Crippen MR) is 126 cm³/mol. The van der Waals surface area contributed by atoms with E-state index in [4.69, 9.17) is 20.8 Å². The molecule has 32 heavy (non-hydrogen) atoms. The van der Waals surface area contributed by atoms with Gasteiger partial charge in [0.2, 0.25) is 11.8 Å².